The number of anilines is 2. The Morgan fingerprint density at radius 2 is 1.57 bits per heavy atom. The van der Waals surface area contributed by atoms with Gasteiger partial charge in [-0.1, -0.05) is 49.3 Å². The number of nitrogens with one attached hydrogen (secondary N) is 5. The van der Waals surface area contributed by atoms with Gasteiger partial charge in [-0.3, -0.25) is 33.7 Å². The van der Waals surface area contributed by atoms with Gasteiger partial charge in [0.1, 0.15) is 23.5 Å². The van der Waals surface area contributed by atoms with E-state index in [0.717, 1.165) is 22.2 Å². The van der Waals surface area contributed by atoms with Gasteiger partial charge in [0.2, 0.25) is 23.3 Å². The third kappa shape index (κ3) is 14.3. The third-order valence-electron chi connectivity index (χ3n) is 15.2. The van der Waals surface area contributed by atoms with E-state index in [4.69, 9.17) is 4.52 Å². The Morgan fingerprint density at radius 3 is 2.22 bits per heavy atom. The van der Waals surface area contributed by atoms with Crippen molar-refractivity contribution < 1.29 is 51.2 Å². The van der Waals surface area contributed by atoms with Gasteiger partial charge in [0.25, 0.3) is 11.8 Å². The Labute approximate surface area is 476 Å². The van der Waals surface area contributed by atoms with E-state index >= 15 is 4.39 Å². The molecule has 82 heavy (non-hydrogen) atoms. The first-order valence-electron chi connectivity index (χ1n) is 27.3. The number of aryl methyl sites for hydroxylation is 2. The molecule has 436 valence electrons. The number of alkyl halides is 3. The number of aliphatic hydroxyl groups excluding tert-OH is 1. The minimum Gasteiger partial charge on any atom is -0.391 e. The number of rotatable bonds is 20. The van der Waals surface area contributed by atoms with Crippen LogP contribution in [0.4, 0.5) is 28.9 Å². The zero-order valence-electron chi connectivity index (χ0n) is 46.7. The SMILES string of the molecule is Cc1cc([C@H](C(=O)N2C[C@H](O)CC2C(=O)N[C@@H](CC(=O)NCCCCCNC(=O)c2ccc(F)c(-c3ccc(N4C[C@@H](C)N(C)[C@@H](C)C4)c(NC(=O)c4c[nH]c(=O)cc4C(F)(F)F)c3)c2)c2ccc(-c3scnc3C)cc2)C(C)C)on1. The standard InChI is InChI=1S/C59H68F4N10O8S/c1-32(2)53(50-21-33(3)70-81-50)58(80)73-30-41(74)24-49(73)57(79)68-46(37-11-13-38(14-12-37)54-36(6)67-31-82-54)26-52(76)64-19-9-8-10-20-65-55(77)40-15-17-45(60)42(22-40)39-16-18-48(72-28-34(4)71(7)35(5)29-72)47(23-39)69-56(78)43-27-66-51(75)25-44(43)59(61,62)63/h11-18,21-23,25,27,31-32,34-35,41,46,49,53,74H,8-10,19-20,24,26,28-30H2,1-7H3,(H,64,76)(H,65,77)(H,66,75)(H,68,79)(H,69,78)/t34-,35+,41-,46+,49?,53-/m1/s1. The number of H-pyrrole nitrogens is 1. The molecule has 1 unspecified atom stereocenters. The molecule has 6 atom stereocenters. The fraction of sp³-hybridized carbons (Fsp3) is 0.424. The van der Waals surface area contributed by atoms with Crippen LogP contribution in [0.15, 0.2) is 93.8 Å². The Hall–Kier alpha value is -7.76. The van der Waals surface area contributed by atoms with Crippen molar-refractivity contribution in [2.45, 2.75) is 116 Å². The van der Waals surface area contributed by atoms with Crippen LogP contribution in [-0.4, -0.2) is 124 Å². The van der Waals surface area contributed by atoms with Crippen LogP contribution in [-0.2, 0) is 20.6 Å². The van der Waals surface area contributed by atoms with E-state index < -0.39 is 70.5 Å². The number of nitrogens with zero attached hydrogens (tertiary/aromatic N) is 5. The molecule has 2 aliphatic heterocycles. The van der Waals surface area contributed by atoms with Crippen LogP contribution < -0.4 is 31.7 Å². The molecule has 2 saturated heterocycles. The maximum Gasteiger partial charge on any atom is 0.417 e. The Kier molecular flexibility index (Phi) is 19.1. The molecule has 5 heterocycles. The summed E-state index contributed by atoms with van der Waals surface area (Å²) >= 11 is 1.49. The van der Waals surface area contributed by atoms with Crippen molar-refractivity contribution >= 4 is 52.2 Å². The number of amides is 5. The van der Waals surface area contributed by atoms with Gasteiger partial charge in [0.15, 0.2) is 0 Å². The summed E-state index contributed by atoms with van der Waals surface area (Å²) in [6.07, 6.45) is -3.73. The molecule has 0 aliphatic carbocycles. The number of benzene rings is 3. The number of unbranched alkanes of at least 4 members (excludes halogenated alkanes) is 2. The number of carbonyl (C=O) groups excluding carboxylic acids is 5. The van der Waals surface area contributed by atoms with Crippen molar-refractivity contribution in [2.24, 2.45) is 5.92 Å². The van der Waals surface area contributed by atoms with Crippen molar-refractivity contribution in [3.05, 3.63) is 140 Å². The van der Waals surface area contributed by atoms with E-state index in [1.54, 1.807) is 30.6 Å². The molecule has 0 spiro atoms. The van der Waals surface area contributed by atoms with Gasteiger partial charge in [0, 0.05) is 80.7 Å². The van der Waals surface area contributed by atoms with Gasteiger partial charge in [-0.25, -0.2) is 9.37 Å². The lowest BCUT2D eigenvalue weighted by Crippen LogP contribution is -2.55. The fourth-order valence-electron chi connectivity index (χ4n) is 10.6. The first-order chi connectivity index (χ1) is 39.0. The van der Waals surface area contributed by atoms with Crippen molar-refractivity contribution in [2.75, 3.05) is 50.0 Å². The number of likely N-dealkylation sites (N-methyl/N-ethyl adjacent to an activating group) is 1. The lowest BCUT2D eigenvalue weighted by molar-refractivity contribution is -0.141. The maximum atomic E-state index is 15.7. The van der Waals surface area contributed by atoms with Crippen LogP contribution in [0.5, 0.6) is 0 Å². The quantitative estimate of drug-likeness (QED) is 0.0313. The molecule has 0 bridgehead atoms. The van der Waals surface area contributed by atoms with E-state index in [-0.39, 0.29) is 84.7 Å². The summed E-state index contributed by atoms with van der Waals surface area (Å²) in [6.45, 7) is 12.9. The second-order valence-corrected chi connectivity index (χ2v) is 22.4. The van der Waals surface area contributed by atoms with Gasteiger partial charge < -0.3 is 45.7 Å². The minimum atomic E-state index is -5.02. The number of halogens is 4. The smallest absolute Gasteiger partial charge is 0.391 e. The molecule has 23 heteroatoms. The van der Waals surface area contributed by atoms with Crippen LogP contribution in [0.1, 0.15) is 121 Å². The van der Waals surface area contributed by atoms with Crippen LogP contribution in [0.3, 0.4) is 0 Å². The zero-order chi connectivity index (χ0) is 59.2. The average Bonchev–Trinajstić information content (AvgIpc) is 4.32. The summed E-state index contributed by atoms with van der Waals surface area (Å²) in [4.78, 5) is 94.0. The number of likely N-dealkylation sites (tertiary alicyclic amines) is 1. The summed E-state index contributed by atoms with van der Waals surface area (Å²) < 4.78 is 63.3. The number of thiazole rings is 1. The van der Waals surface area contributed by atoms with Gasteiger partial charge in [-0.05, 0) is 107 Å². The van der Waals surface area contributed by atoms with Gasteiger partial charge in [0.05, 0.1) is 62.8 Å². The van der Waals surface area contributed by atoms with Gasteiger partial charge in [-0.2, -0.15) is 13.2 Å². The van der Waals surface area contributed by atoms with Gasteiger partial charge >= 0.3 is 6.18 Å². The molecule has 18 nitrogen and oxygen atoms in total. The minimum absolute atomic E-state index is 0.00118. The number of piperazine rings is 1. The van der Waals surface area contributed by atoms with E-state index in [1.807, 2.05) is 70.8 Å². The summed E-state index contributed by atoms with van der Waals surface area (Å²) in [5, 5.41) is 26.2. The first kappa shape index (κ1) is 60.3. The predicted molar refractivity (Wildman–Crippen MR) is 303 cm³/mol. The number of hydrogen-bond acceptors (Lipinski definition) is 13. The summed E-state index contributed by atoms with van der Waals surface area (Å²) in [7, 11) is 1.98. The second kappa shape index (κ2) is 26.0. The first-order valence-corrected chi connectivity index (χ1v) is 28.1. The number of aromatic amines is 1. The van der Waals surface area contributed by atoms with E-state index in [0.29, 0.717) is 67.3 Å². The van der Waals surface area contributed by atoms with E-state index in [2.05, 4.69) is 41.3 Å². The second-order valence-electron chi connectivity index (χ2n) is 21.6. The monoisotopic (exact) mass is 1150 g/mol. The number of β-amino-alcohol motifs (C(OH)–C–C–N with tert-alkyl or cyclic N) is 1. The number of aliphatic hydroxyl groups is 1. The van der Waals surface area contributed by atoms with Crippen LogP contribution in [0.25, 0.3) is 21.6 Å². The highest BCUT2D eigenvalue weighted by Crippen LogP contribution is 2.38. The molecule has 3 aromatic heterocycles. The van der Waals surface area contributed by atoms with Crippen LogP contribution in [0.2, 0.25) is 0 Å². The molecule has 0 saturated carbocycles. The predicted octanol–water partition coefficient (Wildman–Crippen LogP) is 8.37. The molecule has 5 amide bonds. The van der Waals surface area contributed by atoms with Crippen molar-refractivity contribution in [3.8, 4) is 21.6 Å². The molecule has 6 aromatic rings. The number of hydrogen-bond donors (Lipinski definition) is 6. The molecule has 2 fully saturated rings. The fourth-order valence-corrected chi connectivity index (χ4v) is 11.4. The maximum absolute atomic E-state index is 15.7. The Bertz CT molecular complexity index is 3330. The summed E-state index contributed by atoms with van der Waals surface area (Å²) in [5.41, 5.74) is 2.46. The van der Waals surface area contributed by atoms with Crippen molar-refractivity contribution in [1.29, 1.82) is 0 Å². The highest BCUT2D eigenvalue weighted by atomic mass is 32.1. The molecule has 0 radical (unpaired) electrons. The highest BCUT2D eigenvalue weighted by molar-refractivity contribution is 7.13. The number of pyridine rings is 1. The van der Waals surface area contributed by atoms with Crippen molar-refractivity contribution in [1.82, 2.24) is 40.9 Å². The normalized spacial score (nSPS) is 18.3. The number of aromatic nitrogens is 3. The van der Waals surface area contributed by atoms with Crippen molar-refractivity contribution in [3.63, 3.8) is 0 Å². The lowest BCUT2D eigenvalue weighted by Gasteiger charge is -2.44. The molecule has 3 aromatic carbocycles. The lowest BCUT2D eigenvalue weighted by atomic mass is 9.91. The highest BCUT2D eigenvalue weighted by Gasteiger charge is 2.44. The zero-order valence-corrected chi connectivity index (χ0v) is 47.5. The summed E-state index contributed by atoms with van der Waals surface area (Å²) in [5.74, 6) is -4.16. The molecular formula is C59H68F4N10O8S. The van der Waals surface area contributed by atoms with Crippen LogP contribution in [0, 0.1) is 25.6 Å². The summed E-state index contributed by atoms with van der Waals surface area (Å²) in [6, 6.07) is 16.3. The van der Waals surface area contributed by atoms with E-state index in [1.165, 1.54) is 34.4 Å². The third-order valence-corrected chi connectivity index (χ3v) is 16.2. The number of carbonyl (C=O) groups is 5. The largest absolute Gasteiger partial charge is 0.417 e. The molecule has 6 N–H and O–H groups in total. The van der Waals surface area contributed by atoms with Gasteiger partial charge in [-0.15, -0.1) is 11.3 Å². The average molecular weight is 1150 g/mol. The Balaban J connectivity index is 0.886. The Morgan fingerprint density at radius 1 is 0.878 bits per heavy atom. The molecular weight excluding hydrogens is 1080 g/mol. The molecule has 2 aliphatic rings. The topological polar surface area (TPSA) is 235 Å². The molecule has 8 rings (SSSR count). The van der Waals surface area contributed by atoms with Crippen LogP contribution >= 0.6 is 11.3 Å². The van der Waals surface area contributed by atoms with E-state index in [9.17, 15) is 47.0 Å².